The molecular formula is C9H17O4P. The van der Waals surface area contributed by atoms with Crippen molar-refractivity contribution in [3.05, 3.63) is 23.7 Å². The Morgan fingerprint density at radius 3 is 2.21 bits per heavy atom. The van der Waals surface area contributed by atoms with Crippen LogP contribution in [0.1, 0.15) is 20.8 Å². The maximum Gasteiger partial charge on any atom is 0.354 e. The van der Waals surface area contributed by atoms with Gasteiger partial charge in [0, 0.05) is 5.82 Å². The molecule has 0 atom stereocenters. The third-order valence-electron chi connectivity index (χ3n) is 1.34. The molecule has 0 rings (SSSR count). The fraction of sp³-hybridized carbons (Fsp3) is 0.556. The summed E-state index contributed by atoms with van der Waals surface area (Å²) in [5.41, 5.74) is 0.588. The van der Waals surface area contributed by atoms with Crippen LogP contribution < -0.4 is 0 Å². The largest absolute Gasteiger partial charge is 0.515 e. The first-order valence-corrected chi connectivity index (χ1v) is 6.08. The highest BCUT2D eigenvalue weighted by Gasteiger charge is 2.18. The Morgan fingerprint density at radius 1 is 1.36 bits per heavy atom. The van der Waals surface area contributed by atoms with Gasteiger partial charge in [0.05, 0.1) is 19.5 Å². The fourth-order valence-corrected chi connectivity index (χ4v) is 2.12. The average Bonchev–Trinajstić information content (AvgIpc) is 2.15. The highest BCUT2D eigenvalue weighted by Crippen LogP contribution is 2.49. The molecule has 0 saturated carbocycles. The van der Waals surface area contributed by atoms with Crippen LogP contribution in [0.5, 0.6) is 0 Å². The van der Waals surface area contributed by atoms with Crippen molar-refractivity contribution in [1.29, 1.82) is 0 Å². The van der Waals surface area contributed by atoms with E-state index in [0.29, 0.717) is 18.8 Å². The summed E-state index contributed by atoms with van der Waals surface area (Å²) in [4.78, 5) is 0. The number of hydrogen-bond acceptors (Lipinski definition) is 4. The van der Waals surface area contributed by atoms with Gasteiger partial charge in [0.25, 0.3) is 0 Å². The first kappa shape index (κ1) is 13.4. The summed E-state index contributed by atoms with van der Waals surface area (Å²) in [6.45, 7) is 5.81. The zero-order valence-corrected chi connectivity index (χ0v) is 9.66. The standard InChI is InChI=1S/C9H17O4P/c1-4-12-14(11,13-5-2)7-6-9(3)8-10/h6-8,10H,4-5H2,1-3H3/b7-6+,9-8+. The van der Waals surface area contributed by atoms with E-state index < -0.39 is 7.60 Å². The van der Waals surface area contributed by atoms with Gasteiger partial charge in [0.2, 0.25) is 0 Å². The molecule has 0 saturated heterocycles. The van der Waals surface area contributed by atoms with Gasteiger partial charge >= 0.3 is 7.60 Å². The average molecular weight is 220 g/mol. The molecule has 0 aromatic heterocycles. The van der Waals surface area contributed by atoms with Gasteiger partial charge in [-0.2, -0.15) is 0 Å². The molecule has 0 fully saturated rings. The maximum atomic E-state index is 11.8. The van der Waals surface area contributed by atoms with E-state index in [1.165, 1.54) is 11.9 Å². The Hall–Kier alpha value is -0.570. The molecule has 0 heterocycles. The molecule has 0 aromatic rings. The van der Waals surface area contributed by atoms with Crippen LogP contribution in [-0.2, 0) is 13.6 Å². The Kier molecular flexibility index (Phi) is 6.54. The molecule has 1 N–H and O–H groups in total. The van der Waals surface area contributed by atoms with Crippen molar-refractivity contribution in [1.82, 2.24) is 0 Å². The Morgan fingerprint density at radius 2 is 1.86 bits per heavy atom. The molecule has 0 unspecified atom stereocenters. The monoisotopic (exact) mass is 220 g/mol. The number of allylic oxidation sites excluding steroid dienone is 2. The van der Waals surface area contributed by atoms with Crippen LogP contribution in [0.2, 0.25) is 0 Å². The van der Waals surface area contributed by atoms with Crippen LogP contribution in [-0.4, -0.2) is 18.3 Å². The molecule has 0 amide bonds. The highest BCUT2D eigenvalue weighted by atomic mass is 31.2. The second-order valence-corrected chi connectivity index (χ2v) is 4.46. The Balaban J connectivity index is 4.51. The minimum atomic E-state index is -3.12. The minimum Gasteiger partial charge on any atom is -0.515 e. The molecule has 0 radical (unpaired) electrons. The first-order chi connectivity index (χ1) is 6.58. The summed E-state index contributed by atoms with van der Waals surface area (Å²) in [5.74, 6) is 1.35. The summed E-state index contributed by atoms with van der Waals surface area (Å²) in [6.07, 6.45) is 2.44. The molecule has 82 valence electrons. The summed E-state index contributed by atoms with van der Waals surface area (Å²) in [7, 11) is -3.12. The van der Waals surface area contributed by atoms with Gasteiger partial charge in [0.1, 0.15) is 0 Å². The van der Waals surface area contributed by atoms with Crippen molar-refractivity contribution in [2.24, 2.45) is 0 Å². The van der Waals surface area contributed by atoms with Crippen LogP contribution in [0.4, 0.5) is 0 Å². The van der Waals surface area contributed by atoms with E-state index in [0.717, 1.165) is 6.26 Å². The lowest BCUT2D eigenvalue weighted by molar-refractivity contribution is 0.229. The quantitative estimate of drug-likeness (QED) is 0.424. The van der Waals surface area contributed by atoms with Crippen LogP contribution in [0, 0.1) is 0 Å². The van der Waals surface area contributed by atoms with Crippen LogP contribution >= 0.6 is 7.60 Å². The second kappa shape index (κ2) is 6.82. The van der Waals surface area contributed by atoms with Gasteiger partial charge < -0.3 is 14.2 Å². The van der Waals surface area contributed by atoms with Crippen molar-refractivity contribution in [2.75, 3.05) is 13.2 Å². The molecule has 14 heavy (non-hydrogen) atoms. The zero-order chi connectivity index (χ0) is 11.0. The Labute approximate surface area is 84.8 Å². The molecule has 0 aliphatic rings. The van der Waals surface area contributed by atoms with Crippen molar-refractivity contribution in [2.45, 2.75) is 20.8 Å². The predicted octanol–water partition coefficient (Wildman–Crippen LogP) is 3.23. The SMILES string of the molecule is CCOP(=O)(/C=C/C(C)=C/O)OCC. The van der Waals surface area contributed by atoms with Crippen LogP contribution in [0.15, 0.2) is 23.7 Å². The lowest BCUT2D eigenvalue weighted by Crippen LogP contribution is -1.92. The van der Waals surface area contributed by atoms with E-state index >= 15 is 0 Å². The van der Waals surface area contributed by atoms with Gasteiger partial charge in [-0.05, 0) is 32.4 Å². The summed E-state index contributed by atoms with van der Waals surface area (Å²) >= 11 is 0. The van der Waals surface area contributed by atoms with Crippen molar-refractivity contribution >= 4 is 7.60 Å². The molecule has 5 heteroatoms. The predicted molar refractivity (Wildman–Crippen MR) is 56.4 cm³/mol. The minimum absolute atomic E-state index is 0.323. The Bertz CT molecular complexity index is 248. The summed E-state index contributed by atoms with van der Waals surface area (Å²) in [6, 6.07) is 0. The van der Waals surface area contributed by atoms with E-state index in [4.69, 9.17) is 14.2 Å². The summed E-state index contributed by atoms with van der Waals surface area (Å²) in [5, 5.41) is 8.61. The second-order valence-electron chi connectivity index (χ2n) is 2.56. The van der Waals surface area contributed by atoms with E-state index in [1.54, 1.807) is 20.8 Å². The maximum absolute atomic E-state index is 11.8. The number of aliphatic hydroxyl groups is 1. The van der Waals surface area contributed by atoms with Crippen molar-refractivity contribution in [3.63, 3.8) is 0 Å². The van der Waals surface area contributed by atoms with E-state index in [2.05, 4.69) is 0 Å². The molecule has 4 nitrogen and oxygen atoms in total. The van der Waals surface area contributed by atoms with E-state index in [1.807, 2.05) is 0 Å². The van der Waals surface area contributed by atoms with Crippen LogP contribution in [0.25, 0.3) is 0 Å². The topological polar surface area (TPSA) is 55.8 Å². The number of hydrogen-bond donors (Lipinski definition) is 1. The first-order valence-electron chi connectivity index (χ1n) is 4.47. The lowest BCUT2D eigenvalue weighted by Gasteiger charge is -2.12. The summed E-state index contributed by atoms with van der Waals surface area (Å²) < 4.78 is 21.8. The highest BCUT2D eigenvalue weighted by molar-refractivity contribution is 7.57. The van der Waals surface area contributed by atoms with Crippen molar-refractivity contribution < 1.29 is 18.7 Å². The van der Waals surface area contributed by atoms with E-state index in [9.17, 15) is 4.57 Å². The molecule has 0 aliphatic carbocycles. The molecule has 0 aromatic carbocycles. The molecular weight excluding hydrogens is 203 g/mol. The van der Waals surface area contributed by atoms with Gasteiger partial charge in [0.15, 0.2) is 0 Å². The van der Waals surface area contributed by atoms with E-state index in [-0.39, 0.29) is 0 Å². The normalized spacial score (nSPS) is 13.8. The van der Waals surface area contributed by atoms with Crippen molar-refractivity contribution in [3.8, 4) is 0 Å². The van der Waals surface area contributed by atoms with Gasteiger partial charge in [-0.1, -0.05) is 0 Å². The lowest BCUT2D eigenvalue weighted by atomic mass is 10.3. The fourth-order valence-electron chi connectivity index (χ4n) is 0.735. The third-order valence-corrected chi connectivity index (χ3v) is 3.09. The smallest absolute Gasteiger partial charge is 0.354 e. The van der Waals surface area contributed by atoms with Gasteiger partial charge in [-0.3, -0.25) is 4.57 Å². The molecule has 0 bridgehead atoms. The van der Waals surface area contributed by atoms with Crippen LogP contribution in [0.3, 0.4) is 0 Å². The van der Waals surface area contributed by atoms with Gasteiger partial charge in [-0.15, -0.1) is 0 Å². The van der Waals surface area contributed by atoms with Gasteiger partial charge in [-0.25, -0.2) is 0 Å². The number of aliphatic hydroxyl groups excluding tert-OH is 1. The molecule has 0 aliphatic heterocycles. The number of rotatable bonds is 6. The third kappa shape index (κ3) is 5.22. The zero-order valence-electron chi connectivity index (χ0n) is 8.77. The molecule has 0 spiro atoms.